The Labute approximate surface area is 135 Å². The lowest BCUT2D eigenvalue weighted by molar-refractivity contribution is -0.127. The van der Waals surface area contributed by atoms with Crippen LogP contribution in [0.15, 0.2) is 47.1 Å². The molecule has 2 N–H and O–H groups in total. The van der Waals surface area contributed by atoms with Gasteiger partial charge in [0.25, 0.3) is 5.91 Å². The average molecular weight is 365 g/mol. The number of pyridine rings is 1. The van der Waals surface area contributed by atoms with Crippen molar-refractivity contribution in [3.63, 3.8) is 0 Å². The van der Waals surface area contributed by atoms with Gasteiger partial charge in [0.05, 0.1) is 12.7 Å². The number of hydrogen-bond acceptors (Lipinski definition) is 5. The molecule has 0 saturated carbocycles. The highest BCUT2D eigenvalue weighted by Gasteiger charge is 2.23. The fourth-order valence-electron chi connectivity index (χ4n) is 1.78. The third-order valence-electron chi connectivity index (χ3n) is 2.81. The fourth-order valence-corrected chi connectivity index (χ4v) is 2.20. The van der Waals surface area contributed by atoms with Gasteiger partial charge in [0.2, 0.25) is 12.0 Å². The molecule has 0 aliphatic rings. The van der Waals surface area contributed by atoms with Crippen molar-refractivity contribution in [2.24, 2.45) is 5.73 Å². The number of rotatable bonds is 5. The molecule has 0 aliphatic heterocycles. The molecule has 0 aliphatic carbocycles. The second-order valence-electron chi connectivity index (χ2n) is 4.33. The first kappa shape index (κ1) is 16.0. The first-order chi connectivity index (χ1) is 10.5. The van der Waals surface area contributed by atoms with E-state index < -0.39 is 18.0 Å². The minimum atomic E-state index is -1.18. The number of primary amides is 1. The Morgan fingerprint density at radius 3 is 2.68 bits per heavy atom. The van der Waals surface area contributed by atoms with Crippen LogP contribution in [0.5, 0.6) is 5.88 Å². The van der Waals surface area contributed by atoms with Crippen molar-refractivity contribution in [3.8, 4) is 5.88 Å². The third kappa shape index (κ3) is 3.82. The largest absolute Gasteiger partial charge is 0.481 e. The number of halogens is 1. The summed E-state index contributed by atoms with van der Waals surface area (Å²) in [6, 6.07) is 9.71. The van der Waals surface area contributed by atoms with Crippen LogP contribution >= 0.6 is 15.9 Å². The molecule has 2 aromatic rings. The quantitative estimate of drug-likeness (QED) is 0.821. The molecule has 22 heavy (non-hydrogen) atoms. The van der Waals surface area contributed by atoms with Gasteiger partial charge in [0.1, 0.15) is 0 Å². The number of hydrogen-bond donors (Lipinski definition) is 1. The maximum absolute atomic E-state index is 12.2. The van der Waals surface area contributed by atoms with E-state index in [1.165, 1.54) is 25.4 Å². The third-order valence-corrected chi connectivity index (χ3v) is 3.31. The van der Waals surface area contributed by atoms with Crippen LogP contribution in [0, 0.1) is 0 Å². The van der Waals surface area contributed by atoms with Gasteiger partial charge in [-0.05, 0) is 18.2 Å². The normalized spacial score (nSPS) is 11.5. The summed E-state index contributed by atoms with van der Waals surface area (Å²) in [6.45, 7) is 0. The van der Waals surface area contributed by atoms with E-state index in [-0.39, 0.29) is 11.4 Å². The molecule has 1 unspecified atom stereocenters. The first-order valence-corrected chi connectivity index (χ1v) is 7.06. The molecule has 6 nitrogen and oxygen atoms in total. The number of carbonyl (C=O) groups excluding carboxylic acids is 2. The molecule has 114 valence electrons. The summed E-state index contributed by atoms with van der Waals surface area (Å²) in [5, 5.41) is 0. The summed E-state index contributed by atoms with van der Waals surface area (Å²) in [6.07, 6.45) is 0.234. The summed E-state index contributed by atoms with van der Waals surface area (Å²) in [5.74, 6) is -1.18. The van der Waals surface area contributed by atoms with Crippen LogP contribution in [0.4, 0.5) is 0 Å². The van der Waals surface area contributed by atoms with E-state index >= 15 is 0 Å². The van der Waals surface area contributed by atoms with Crippen molar-refractivity contribution in [3.05, 3.63) is 58.2 Å². The molecule has 2 rings (SSSR count). The van der Waals surface area contributed by atoms with Crippen LogP contribution in [-0.2, 0) is 9.53 Å². The van der Waals surface area contributed by atoms with Gasteiger partial charge in [0, 0.05) is 22.3 Å². The first-order valence-electron chi connectivity index (χ1n) is 6.27. The van der Waals surface area contributed by atoms with Crippen LogP contribution in [-0.4, -0.2) is 24.0 Å². The Bertz CT molecular complexity index is 705. The summed E-state index contributed by atoms with van der Waals surface area (Å²) in [7, 11) is 1.44. The van der Waals surface area contributed by atoms with Crippen LogP contribution in [0.2, 0.25) is 0 Å². The van der Waals surface area contributed by atoms with E-state index in [1.54, 1.807) is 24.3 Å². The number of ether oxygens (including phenoxy) is 2. The number of nitrogens with two attached hydrogens (primary N) is 1. The second kappa shape index (κ2) is 7.04. The van der Waals surface area contributed by atoms with E-state index in [4.69, 9.17) is 15.2 Å². The Balaban J connectivity index is 2.24. The standard InChI is InChI=1S/C15H13BrN2O4/c1-21-12-8-10(5-6-18-12)15(20)22-13(14(17)19)9-3-2-4-11(16)7-9/h2-8,13H,1H3,(H2,17,19). The van der Waals surface area contributed by atoms with Crippen LogP contribution in [0.3, 0.4) is 0 Å². The number of aromatic nitrogens is 1. The van der Waals surface area contributed by atoms with E-state index in [9.17, 15) is 9.59 Å². The molecule has 0 saturated heterocycles. The highest BCUT2D eigenvalue weighted by atomic mass is 79.9. The van der Waals surface area contributed by atoms with E-state index in [0.717, 1.165) is 4.47 Å². The fraction of sp³-hybridized carbons (Fsp3) is 0.133. The Kier molecular flexibility index (Phi) is 5.11. The van der Waals surface area contributed by atoms with Gasteiger partial charge in [0.15, 0.2) is 0 Å². The number of amides is 1. The van der Waals surface area contributed by atoms with Gasteiger partial charge < -0.3 is 15.2 Å². The highest BCUT2D eigenvalue weighted by Crippen LogP contribution is 2.23. The Morgan fingerprint density at radius 1 is 1.27 bits per heavy atom. The molecule has 0 spiro atoms. The van der Waals surface area contributed by atoms with E-state index in [2.05, 4.69) is 20.9 Å². The molecule has 0 fully saturated rings. The second-order valence-corrected chi connectivity index (χ2v) is 5.25. The topological polar surface area (TPSA) is 91.5 Å². The zero-order valence-corrected chi connectivity index (χ0v) is 13.2. The van der Waals surface area contributed by atoms with Crippen molar-refractivity contribution < 1.29 is 19.1 Å². The van der Waals surface area contributed by atoms with Crippen LogP contribution in [0.1, 0.15) is 22.0 Å². The van der Waals surface area contributed by atoms with Crippen LogP contribution < -0.4 is 10.5 Å². The van der Waals surface area contributed by atoms with Gasteiger partial charge in [-0.15, -0.1) is 0 Å². The minimum Gasteiger partial charge on any atom is -0.481 e. The predicted octanol–water partition coefficient (Wildman–Crippen LogP) is 2.24. The molecule has 7 heteroatoms. The molecule has 1 aromatic heterocycles. The predicted molar refractivity (Wildman–Crippen MR) is 82.3 cm³/mol. The lowest BCUT2D eigenvalue weighted by Gasteiger charge is -2.15. The smallest absolute Gasteiger partial charge is 0.339 e. The van der Waals surface area contributed by atoms with Crippen molar-refractivity contribution in [1.82, 2.24) is 4.98 Å². The monoisotopic (exact) mass is 364 g/mol. The lowest BCUT2D eigenvalue weighted by atomic mass is 10.1. The summed E-state index contributed by atoms with van der Waals surface area (Å²) < 4.78 is 10.9. The summed E-state index contributed by atoms with van der Waals surface area (Å²) >= 11 is 3.29. The molecule has 1 aromatic carbocycles. The number of esters is 1. The maximum atomic E-state index is 12.2. The Morgan fingerprint density at radius 2 is 2.05 bits per heavy atom. The van der Waals surface area contributed by atoms with Crippen molar-refractivity contribution in [1.29, 1.82) is 0 Å². The van der Waals surface area contributed by atoms with Crippen molar-refractivity contribution in [2.45, 2.75) is 6.10 Å². The van der Waals surface area contributed by atoms with Gasteiger partial charge in [-0.2, -0.15) is 0 Å². The number of nitrogens with zero attached hydrogens (tertiary/aromatic N) is 1. The molecule has 1 atom stereocenters. The highest BCUT2D eigenvalue weighted by molar-refractivity contribution is 9.10. The van der Waals surface area contributed by atoms with Gasteiger partial charge >= 0.3 is 5.97 Å². The van der Waals surface area contributed by atoms with Gasteiger partial charge in [-0.25, -0.2) is 9.78 Å². The van der Waals surface area contributed by atoms with Gasteiger partial charge in [-0.1, -0.05) is 28.1 Å². The van der Waals surface area contributed by atoms with E-state index in [1.807, 2.05) is 0 Å². The van der Waals surface area contributed by atoms with Crippen LogP contribution in [0.25, 0.3) is 0 Å². The summed E-state index contributed by atoms with van der Waals surface area (Å²) in [5.41, 5.74) is 6.03. The summed E-state index contributed by atoms with van der Waals surface area (Å²) in [4.78, 5) is 27.7. The van der Waals surface area contributed by atoms with Gasteiger partial charge in [-0.3, -0.25) is 4.79 Å². The van der Waals surface area contributed by atoms with E-state index in [0.29, 0.717) is 5.56 Å². The number of benzene rings is 1. The maximum Gasteiger partial charge on any atom is 0.339 e. The van der Waals surface area contributed by atoms with Crippen molar-refractivity contribution >= 4 is 27.8 Å². The molecule has 0 radical (unpaired) electrons. The zero-order chi connectivity index (χ0) is 16.1. The SMILES string of the molecule is COc1cc(C(=O)OC(C(N)=O)c2cccc(Br)c2)ccn1. The molecular formula is C15H13BrN2O4. The molecule has 0 bridgehead atoms. The molecular weight excluding hydrogens is 352 g/mol. The average Bonchev–Trinajstić information content (AvgIpc) is 2.52. The molecule has 1 amide bonds. The Hall–Kier alpha value is -2.41. The van der Waals surface area contributed by atoms with Crippen molar-refractivity contribution in [2.75, 3.05) is 7.11 Å². The minimum absolute atomic E-state index is 0.216. The molecule has 1 heterocycles. The number of carbonyl (C=O) groups is 2. The lowest BCUT2D eigenvalue weighted by Crippen LogP contribution is -2.26. The number of methoxy groups -OCH3 is 1. The zero-order valence-electron chi connectivity index (χ0n) is 11.7.